The molecule has 5 heteroatoms. The summed E-state index contributed by atoms with van der Waals surface area (Å²) in [6.45, 7) is 11.3. The Kier molecular flexibility index (Phi) is 6.23. The van der Waals surface area contributed by atoms with Gasteiger partial charge in [-0.05, 0) is 34.7 Å². The molecule has 2 unspecified atom stereocenters. The molecule has 1 rings (SSSR count). The number of hydrogen-bond donors (Lipinski definition) is 1. The number of rotatable bonds is 6. The van der Waals surface area contributed by atoms with Crippen molar-refractivity contribution in [2.75, 3.05) is 6.61 Å². The van der Waals surface area contributed by atoms with E-state index in [1.54, 1.807) is 0 Å². The van der Waals surface area contributed by atoms with E-state index in [-0.39, 0.29) is 17.6 Å². The number of aryl methyl sites for hydroxylation is 2. The lowest BCUT2D eigenvalue weighted by Gasteiger charge is -2.35. The molecule has 1 aromatic rings. The van der Waals surface area contributed by atoms with Gasteiger partial charge < -0.3 is 10.5 Å². The molecule has 20 heavy (non-hydrogen) atoms. The first-order chi connectivity index (χ1) is 9.22. The first-order valence-corrected chi connectivity index (χ1v) is 8.09. The van der Waals surface area contributed by atoms with Crippen LogP contribution in [0.3, 0.4) is 0 Å². The third-order valence-corrected chi connectivity index (χ3v) is 4.44. The van der Waals surface area contributed by atoms with Gasteiger partial charge in [-0.25, -0.2) is 0 Å². The van der Waals surface area contributed by atoms with Crippen molar-refractivity contribution >= 4 is 15.9 Å². The molecule has 0 aliphatic carbocycles. The van der Waals surface area contributed by atoms with E-state index in [9.17, 15) is 0 Å². The molecule has 1 heterocycles. The van der Waals surface area contributed by atoms with Crippen LogP contribution >= 0.6 is 15.9 Å². The van der Waals surface area contributed by atoms with Crippen molar-refractivity contribution in [3.8, 4) is 0 Å². The average molecular weight is 346 g/mol. The molecule has 0 aromatic carbocycles. The highest BCUT2D eigenvalue weighted by atomic mass is 79.9. The van der Waals surface area contributed by atoms with Gasteiger partial charge in [0.05, 0.1) is 22.0 Å². The first-order valence-electron chi connectivity index (χ1n) is 7.29. The zero-order valence-corrected chi connectivity index (χ0v) is 15.1. The van der Waals surface area contributed by atoms with Gasteiger partial charge in [0.2, 0.25) is 0 Å². The largest absolute Gasteiger partial charge is 0.376 e. The normalized spacial score (nSPS) is 15.4. The van der Waals surface area contributed by atoms with Crippen LogP contribution in [0.5, 0.6) is 0 Å². The second-order valence-corrected chi connectivity index (χ2v) is 7.09. The van der Waals surface area contributed by atoms with E-state index in [0.717, 1.165) is 28.7 Å². The third-order valence-electron chi connectivity index (χ3n) is 3.52. The van der Waals surface area contributed by atoms with Gasteiger partial charge in [0, 0.05) is 26.1 Å². The molecule has 0 bridgehead atoms. The van der Waals surface area contributed by atoms with Crippen LogP contribution in [0.1, 0.15) is 46.0 Å². The van der Waals surface area contributed by atoms with Crippen molar-refractivity contribution < 1.29 is 4.74 Å². The molecule has 0 saturated carbocycles. The molecule has 116 valence electrons. The minimum absolute atomic E-state index is 0.0219. The summed E-state index contributed by atoms with van der Waals surface area (Å²) in [6, 6.07) is -0.0497. The minimum Gasteiger partial charge on any atom is -0.376 e. The minimum atomic E-state index is -0.0497. The van der Waals surface area contributed by atoms with Crippen LogP contribution in [0.15, 0.2) is 4.47 Å². The molecule has 1 aromatic heterocycles. The summed E-state index contributed by atoms with van der Waals surface area (Å²) in [5, 5.41) is 4.52. The number of hydrogen-bond acceptors (Lipinski definition) is 3. The van der Waals surface area contributed by atoms with Gasteiger partial charge in [-0.2, -0.15) is 5.10 Å². The highest BCUT2D eigenvalue weighted by molar-refractivity contribution is 9.10. The molecular formula is C15H28BrN3O. The van der Waals surface area contributed by atoms with E-state index in [1.165, 1.54) is 0 Å². The fourth-order valence-electron chi connectivity index (χ4n) is 2.57. The zero-order valence-electron chi connectivity index (χ0n) is 13.5. The number of halogens is 1. The molecule has 0 fully saturated rings. The Morgan fingerprint density at radius 3 is 2.35 bits per heavy atom. The lowest BCUT2D eigenvalue weighted by Crippen LogP contribution is -2.46. The Morgan fingerprint density at radius 1 is 1.35 bits per heavy atom. The number of ether oxygens (including phenoxy) is 1. The predicted octanol–water partition coefficient (Wildman–Crippen LogP) is 3.07. The van der Waals surface area contributed by atoms with Crippen molar-refractivity contribution in [3.05, 3.63) is 15.9 Å². The molecule has 2 atom stereocenters. The second kappa shape index (κ2) is 7.05. The highest BCUT2D eigenvalue weighted by Crippen LogP contribution is 2.28. The van der Waals surface area contributed by atoms with Crippen LogP contribution in [0.2, 0.25) is 0 Å². The van der Waals surface area contributed by atoms with Gasteiger partial charge >= 0.3 is 0 Å². The summed E-state index contributed by atoms with van der Waals surface area (Å²) in [7, 11) is 1.97. The highest BCUT2D eigenvalue weighted by Gasteiger charge is 2.32. The van der Waals surface area contributed by atoms with Gasteiger partial charge in [-0.15, -0.1) is 0 Å². The molecule has 0 spiro atoms. The third kappa shape index (κ3) is 4.06. The average Bonchev–Trinajstić information content (AvgIpc) is 2.61. The molecule has 2 N–H and O–H groups in total. The number of nitrogens with zero attached hydrogens (tertiary/aromatic N) is 2. The lowest BCUT2D eigenvalue weighted by molar-refractivity contribution is -0.0277. The monoisotopic (exact) mass is 345 g/mol. The van der Waals surface area contributed by atoms with Gasteiger partial charge in [0.1, 0.15) is 0 Å². The topological polar surface area (TPSA) is 53.1 Å². The van der Waals surface area contributed by atoms with Crippen LogP contribution in [-0.2, 0) is 24.6 Å². The maximum absolute atomic E-state index is 6.42. The molecule has 4 nitrogen and oxygen atoms in total. The van der Waals surface area contributed by atoms with Gasteiger partial charge in [0.15, 0.2) is 0 Å². The van der Waals surface area contributed by atoms with Gasteiger partial charge in [-0.3, -0.25) is 4.68 Å². The van der Waals surface area contributed by atoms with Crippen LogP contribution in [0.4, 0.5) is 0 Å². The van der Waals surface area contributed by atoms with E-state index in [4.69, 9.17) is 10.5 Å². The van der Waals surface area contributed by atoms with Crippen molar-refractivity contribution in [1.29, 1.82) is 0 Å². The Labute approximate surface area is 131 Å². The van der Waals surface area contributed by atoms with Crippen LogP contribution < -0.4 is 5.73 Å². The zero-order chi connectivity index (χ0) is 15.5. The molecular weight excluding hydrogens is 318 g/mol. The number of aromatic nitrogens is 2. The summed E-state index contributed by atoms with van der Waals surface area (Å²) >= 11 is 3.65. The van der Waals surface area contributed by atoms with E-state index in [0.29, 0.717) is 6.61 Å². The van der Waals surface area contributed by atoms with Gasteiger partial charge in [0.25, 0.3) is 0 Å². The molecule has 0 radical (unpaired) electrons. The SMILES string of the molecule is CCOC(C(N)Cc1c(Br)c(CC)nn1C)C(C)(C)C. The first kappa shape index (κ1) is 17.7. The van der Waals surface area contributed by atoms with E-state index < -0.39 is 0 Å². The molecule has 0 aliphatic heterocycles. The van der Waals surface area contributed by atoms with E-state index in [2.05, 4.69) is 48.7 Å². The molecule has 0 amide bonds. The summed E-state index contributed by atoms with van der Waals surface area (Å²) in [4.78, 5) is 0. The second-order valence-electron chi connectivity index (χ2n) is 6.29. The van der Waals surface area contributed by atoms with Crippen LogP contribution in [0.25, 0.3) is 0 Å². The summed E-state index contributed by atoms with van der Waals surface area (Å²) in [5.41, 5.74) is 8.67. The van der Waals surface area contributed by atoms with Crippen LogP contribution in [-0.4, -0.2) is 28.5 Å². The Hall–Kier alpha value is -0.390. The Balaban J connectivity index is 2.93. The quantitative estimate of drug-likeness (QED) is 0.861. The van der Waals surface area contributed by atoms with E-state index in [1.807, 2.05) is 18.7 Å². The molecule has 0 aliphatic rings. The number of nitrogens with two attached hydrogens (primary N) is 1. The van der Waals surface area contributed by atoms with Gasteiger partial charge in [-0.1, -0.05) is 27.7 Å². The summed E-state index contributed by atoms with van der Waals surface area (Å²) in [6.07, 6.45) is 1.70. The smallest absolute Gasteiger partial charge is 0.0777 e. The maximum Gasteiger partial charge on any atom is 0.0777 e. The maximum atomic E-state index is 6.42. The Morgan fingerprint density at radius 2 is 1.95 bits per heavy atom. The summed E-state index contributed by atoms with van der Waals surface area (Å²) in [5.74, 6) is 0. The fourth-order valence-corrected chi connectivity index (χ4v) is 3.35. The predicted molar refractivity (Wildman–Crippen MR) is 86.8 cm³/mol. The Bertz CT molecular complexity index is 437. The lowest BCUT2D eigenvalue weighted by atomic mass is 9.83. The van der Waals surface area contributed by atoms with Crippen LogP contribution in [0, 0.1) is 5.41 Å². The fraction of sp³-hybridized carbons (Fsp3) is 0.800. The van der Waals surface area contributed by atoms with Crippen molar-refractivity contribution in [1.82, 2.24) is 9.78 Å². The van der Waals surface area contributed by atoms with Crippen molar-refractivity contribution in [2.45, 2.75) is 59.6 Å². The molecule has 0 saturated heterocycles. The summed E-state index contributed by atoms with van der Waals surface area (Å²) < 4.78 is 8.89. The van der Waals surface area contributed by atoms with E-state index >= 15 is 0 Å². The van der Waals surface area contributed by atoms with Crippen molar-refractivity contribution in [2.24, 2.45) is 18.2 Å². The van der Waals surface area contributed by atoms with Crippen molar-refractivity contribution in [3.63, 3.8) is 0 Å². The standard InChI is InChI=1S/C15H28BrN3O/c1-7-11-13(16)12(19(6)18-11)9-10(17)14(20-8-2)15(3,4)5/h10,14H,7-9,17H2,1-6H3.